The highest BCUT2D eigenvalue weighted by Gasteiger charge is 2.31. The van der Waals surface area contributed by atoms with E-state index in [9.17, 15) is 4.79 Å². The standard InChI is InChI=1S/C11H17N3O2/c1-4-8-9(5-2)16-12-10(8)14-7-6-13(3)11(14)15/h4-7H2,1-3H3. The highest BCUT2D eigenvalue weighted by atomic mass is 16.5. The van der Waals surface area contributed by atoms with Gasteiger partial charge in [-0.1, -0.05) is 19.0 Å². The summed E-state index contributed by atoms with van der Waals surface area (Å²) in [6, 6.07) is 0.00523. The van der Waals surface area contributed by atoms with Gasteiger partial charge in [0.05, 0.1) is 0 Å². The lowest BCUT2D eigenvalue weighted by atomic mass is 10.1. The molecule has 16 heavy (non-hydrogen) atoms. The molecule has 1 aromatic rings. The molecule has 5 nitrogen and oxygen atoms in total. The Bertz CT molecular complexity index is 400. The molecular formula is C11H17N3O2. The van der Waals surface area contributed by atoms with E-state index in [-0.39, 0.29) is 6.03 Å². The predicted molar refractivity (Wildman–Crippen MR) is 60.6 cm³/mol. The summed E-state index contributed by atoms with van der Waals surface area (Å²) in [4.78, 5) is 15.2. The van der Waals surface area contributed by atoms with E-state index in [1.54, 1.807) is 16.8 Å². The number of anilines is 1. The highest BCUT2D eigenvalue weighted by molar-refractivity contribution is 5.93. The van der Waals surface area contributed by atoms with E-state index >= 15 is 0 Å². The van der Waals surface area contributed by atoms with Crippen LogP contribution in [0.3, 0.4) is 0 Å². The molecule has 0 atom stereocenters. The van der Waals surface area contributed by atoms with Gasteiger partial charge in [0.1, 0.15) is 5.76 Å². The van der Waals surface area contributed by atoms with Gasteiger partial charge in [-0.3, -0.25) is 4.90 Å². The van der Waals surface area contributed by atoms with Crippen LogP contribution in [0.1, 0.15) is 25.2 Å². The van der Waals surface area contributed by atoms with Crippen molar-refractivity contribution in [3.05, 3.63) is 11.3 Å². The minimum atomic E-state index is 0.00523. The lowest BCUT2D eigenvalue weighted by Gasteiger charge is -2.13. The van der Waals surface area contributed by atoms with Crippen molar-refractivity contribution in [3.8, 4) is 0 Å². The quantitative estimate of drug-likeness (QED) is 0.783. The molecule has 2 amide bonds. The Morgan fingerprint density at radius 2 is 2.06 bits per heavy atom. The van der Waals surface area contributed by atoms with Crippen molar-refractivity contribution in [2.45, 2.75) is 26.7 Å². The van der Waals surface area contributed by atoms with Crippen LogP contribution in [0.25, 0.3) is 0 Å². The highest BCUT2D eigenvalue weighted by Crippen LogP contribution is 2.26. The van der Waals surface area contributed by atoms with E-state index in [1.807, 2.05) is 6.92 Å². The van der Waals surface area contributed by atoms with Gasteiger partial charge < -0.3 is 9.42 Å². The smallest absolute Gasteiger partial charge is 0.325 e. The molecule has 5 heteroatoms. The minimum absolute atomic E-state index is 0.00523. The number of carbonyl (C=O) groups is 1. The Kier molecular flexibility index (Phi) is 2.85. The number of carbonyl (C=O) groups excluding carboxylic acids is 1. The number of hydrogen-bond acceptors (Lipinski definition) is 3. The molecule has 0 radical (unpaired) electrons. The van der Waals surface area contributed by atoms with Crippen LogP contribution in [0, 0.1) is 0 Å². The first kappa shape index (κ1) is 11.0. The summed E-state index contributed by atoms with van der Waals surface area (Å²) in [5, 5.41) is 4.03. The number of likely N-dealkylation sites (N-methyl/N-ethyl adjacent to an activating group) is 1. The van der Waals surface area contributed by atoms with Crippen LogP contribution >= 0.6 is 0 Å². The molecule has 0 saturated carbocycles. The number of hydrogen-bond donors (Lipinski definition) is 0. The summed E-state index contributed by atoms with van der Waals surface area (Å²) >= 11 is 0. The molecule has 0 N–H and O–H groups in total. The van der Waals surface area contributed by atoms with Crippen LogP contribution in [0.5, 0.6) is 0 Å². The molecule has 0 aromatic carbocycles. The summed E-state index contributed by atoms with van der Waals surface area (Å²) in [5.74, 6) is 1.59. The summed E-state index contributed by atoms with van der Waals surface area (Å²) in [7, 11) is 1.80. The molecule has 0 unspecified atom stereocenters. The van der Waals surface area contributed by atoms with Gasteiger partial charge >= 0.3 is 6.03 Å². The fourth-order valence-electron chi connectivity index (χ4n) is 2.02. The van der Waals surface area contributed by atoms with E-state index in [1.165, 1.54) is 0 Å². The van der Waals surface area contributed by atoms with Crippen LogP contribution in [-0.2, 0) is 12.8 Å². The van der Waals surface area contributed by atoms with Crippen molar-refractivity contribution in [1.82, 2.24) is 10.1 Å². The fraction of sp³-hybridized carbons (Fsp3) is 0.636. The molecule has 1 saturated heterocycles. The largest absolute Gasteiger partial charge is 0.359 e. The van der Waals surface area contributed by atoms with Gasteiger partial charge in [0.15, 0.2) is 5.82 Å². The first-order chi connectivity index (χ1) is 7.69. The lowest BCUT2D eigenvalue weighted by Crippen LogP contribution is -2.30. The molecule has 1 aromatic heterocycles. The average molecular weight is 223 g/mol. The summed E-state index contributed by atoms with van der Waals surface area (Å²) in [6.07, 6.45) is 1.66. The fourth-order valence-corrected chi connectivity index (χ4v) is 2.02. The topological polar surface area (TPSA) is 49.6 Å². The number of amides is 2. The van der Waals surface area contributed by atoms with Gasteiger partial charge in [-0.2, -0.15) is 0 Å². The van der Waals surface area contributed by atoms with Crippen molar-refractivity contribution in [2.24, 2.45) is 0 Å². The average Bonchev–Trinajstić information content (AvgIpc) is 2.83. The van der Waals surface area contributed by atoms with Crippen LogP contribution in [-0.4, -0.2) is 36.2 Å². The first-order valence-electron chi connectivity index (χ1n) is 5.69. The zero-order valence-corrected chi connectivity index (χ0v) is 9.99. The van der Waals surface area contributed by atoms with E-state index in [0.29, 0.717) is 12.4 Å². The van der Waals surface area contributed by atoms with E-state index in [4.69, 9.17) is 4.52 Å². The third kappa shape index (κ3) is 1.56. The molecule has 2 rings (SSSR count). The molecule has 1 fully saturated rings. The van der Waals surface area contributed by atoms with Crippen molar-refractivity contribution < 1.29 is 9.32 Å². The Hall–Kier alpha value is -1.52. The number of aryl methyl sites for hydroxylation is 1. The maximum Gasteiger partial charge on any atom is 0.325 e. The SMILES string of the molecule is CCc1onc(N2CCN(C)C2=O)c1CC. The van der Waals surface area contributed by atoms with Crippen LogP contribution in [0.15, 0.2) is 4.52 Å². The molecule has 88 valence electrons. The Morgan fingerprint density at radius 1 is 1.31 bits per heavy atom. The Balaban J connectivity index is 2.34. The number of rotatable bonds is 3. The number of urea groups is 1. The van der Waals surface area contributed by atoms with Gasteiger partial charge in [-0.05, 0) is 6.42 Å². The zero-order chi connectivity index (χ0) is 11.7. The first-order valence-corrected chi connectivity index (χ1v) is 5.69. The van der Waals surface area contributed by atoms with Crippen molar-refractivity contribution >= 4 is 11.8 Å². The molecule has 0 bridgehead atoms. The van der Waals surface area contributed by atoms with Crippen LogP contribution in [0.2, 0.25) is 0 Å². The molecular weight excluding hydrogens is 206 g/mol. The van der Waals surface area contributed by atoms with Gasteiger partial charge in [0.2, 0.25) is 0 Å². The van der Waals surface area contributed by atoms with Gasteiger partial charge in [0.25, 0.3) is 0 Å². The minimum Gasteiger partial charge on any atom is -0.359 e. The third-order valence-electron chi connectivity index (χ3n) is 3.00. The second-order valence-electron chi connectivity index (χ2n) is 3.97. The summed E-state index contributed by atoms with van der Waals surface area (Å²) in [5.41, 5.74) is 1.06. The normalized spacial score (nSPS) is 16.3. The monoisotopic (exact) mass is 223 g/mol. The van der Waals surface area contributed by atoms with E-state index in [0.717, 1.165) is 30.7 Å². The summed E-state index contributed by atoms with van der Waals surface area (Å²) in [6.45, 7) is 5.52. The lowest BCUT2D eigenvalue weighted by molar-refractivity contribution is 0.229. The third-order valence-corrected chi connectivity index (χ3v) is 3.00. The Morgan fingerprint density at radius 3 is 2.56 bits per heavy atom. The van der Waals surface area contributed by atoms with Crippen molar-refractivity contribution in [1.29, 1.82) is 0 Å². The van der Waals surface area contributed by atoms with Gasteiger partial charge in [0, 0.05) is 32.1 Å². The van der Waals surface area contributed by atoms with Gasteiger partial charge in [-0.15, -0.1) is 0 Å². The second kappa shape index (κ2) is 4.15. The van der Waals surface area contributed by atoms with E-state index < -0.39 is 0 Å². The molecule has 0 spiro atoms. The van der Waals surface area contributed by atoms with Crippen molar-refractivity contribution in [2.75, 3.05) is 25.0 Å². The second-order valence-corrected chi connectivity index (χ2v) is 3.97. The Labute approximate surface area is 95.0 Å². The van der Waals surface area contributed by atoms with E-state index in [2.05, 4.69) is 12.1 Å². The number of nitrogens with zero attached hydrogens (tertiary/aromatic N) is 3. The number of aromatic nitrogens is 1. The maximum absolute atomic E-state index is 11.8. The van der Waals surface area contributed by atoms with Crippen LogP contribution < -0.4 is 4.90 Å². The molecule has 2 heterocycles. The predicted octanol–water partition coefficient (Wildman–Crippen LogP) is 1.67. The molecule has 0 aliphatic carbocycles. The van der Waals surface area contributed by atoms with Crippen molar-refractivity contribution in [3.63, 3.8) is 0 Å². The van der Waals surface area contributed by atoms with Crippen LogP contribution in [0.4, 0.5) is 10.6 Å². The summed E-state index contributed by atoms with van der Waals surface area (Å²) < 4.78 is 5.27. The zero-order valence-electron chi connectivity index (χ0n) is 9.99. The van der Waals surface area contributed by atoms with Gasteiger partial charge in [-0.25, -0.2) is 4.79 Å². The maximum atomic E-state index is 11.8. The molecule has 1 aliphatic heterocycles. The molecule has 1 aliphatic rings.